The third-order valence-electron chi connectivity index (χ3n) is 3.19. The molecule has 0 atom stereocenters. The van der Waals surface area contributed by atoms with Crippen molar-refractivity contribution in [1.82, 2.24) is 0 Å². The minimum atomic E-state index is -0.485. The number of amides is 1. The molecule has 0 aliphatic heterocycles. The summed E-state index contributed by atoms with van der Waals surface area (Å²) in [5.41, 5.74) is 1.78. The molecule has 2 rings (SSSR count). The van der Waals surface area contributed by atoms with Crippen molar-refractivity contribution in [3.05, 3.63) is 58.6 Å². The SMILES string of the molecule is CC(C)(C)C(=O)Nc1cccc(-c2cccc([N+](=O)[O-])c2)c1. The van der Waals surface area contributed by atoms with Gasteiger partial charge in [0, 0.05) is 23.2 Å². The van der Waals surface area contributed by atoms with Gasteiger partial charge in [0.1, 0.15) is 0 Å². The summed E-state index contributed by atoms with van der Waals surface area (Å²) in [6.07, 6.45) is 0. The van der Waals surface area contributed by atoms with Gasteiger partial charge in [-0.05, 0) is 23.3 Å². The van der Waals surface area contributed by atoms with Crippen molar-refractivity contribution < 1.29 is 9.72 Å². The molecule has 0 bridgehead atoms. The second kappa shape index (κ2) is 5.97. The van der Waals surface area contributed by atoms with E-state index in [0.29, 0.717) is 5.69 Å². The highest BCUT2D eigenvalue weighted by molar-refractivity contribution is 5.95. The molecule has 2 aromatic rings. The van der Waals surface area contributed by atoms with Gasteiger partial charge in [0.2, 0.25) is 5.91 Å². The molecule has 0 radical (unpaired) electrons. The van der Waals surface area contributed by atoms with E-state index in [0.717, 1.165) is 11.1 Å². The zero-order chi connectivity index (χ0) is 16.3. The fourth-order valence-electron chi connectivity index (χ4n) is 1.89. The van der Waals surface area contributed by atoms with Gasteiger partial charge in [-0.25, -0.2) is 0 Å². The van der Waals surface area contributed by atoms with E-state index >= 15 is 0 Å². The van der Waals surface area contributed by atoms with E-state index in [-0.39, 0.29) is 11.6 Å². The van der Waals surface area contributed by atoms with E-state index in [1.807, 2.05) is 39.0 Å². The van der Waals surface area contributed by atoms with Crippen molar-refractivity contribution in [3.8, 4) is 11.1 Å². The molecule has 0 aromatic heterocycles. The van der Waals surface area contributed by atoms with Crippen molar-refractivity contribution in [1.29, 1.82) is 0 Å². The van der Waals surface area contributed by atoms with Crippen LogP contribution in [0, 0.1) is 15.5 Å². The summed E-state index contributed by atoms with van der Waals surface area (Å²) in [6.45, 7) is 5.52. The highest BCUT2D eigenvalue weighted by Crippen LogP contribution is 2.26. The van der Waals surface area contributed by atoms with Crippen molar-refractivity contribution >= 4 is 17.3 Å². The number of nitro groups is 1. The van der Waals surface area contributed by atoms with E-state index < -0.39 is 10.3 Å². The Balaban J connectivity index is 2.31. The fraction of sp³-hybridized carbons (Fsp3) is 0.235. The number of non-ortho nitro benzene ring substituents is 1. The molecule has 0 aliphatic rings. The van der Waals surface area contributed by atoms with Crippen molar-refractivity contribution in [2.75, 3.05) is 5.32 Å². The molecule has 2 aromatic carbocycles. The van der Waals surface area contributed by atoms with Gasteiger partial charge < -0.3 is 5.32 Å². The molecule has 22 heavy (non-hydrogen) atoms. The van der Waals surface area contributed by atoms with Gasteiger partial charge in [-0.3, -0.25) is 14.9 Å². The predicted octanol–water partition coefficient (Wildman–Crippen LogP) is 4.25. The van der Waals surface area contributed by atoms with E-state index in [1.165, 1.54) is 12.1 Å². The second-order valence-electron chi connectivity index (χ2n) is 6.09. The summed E-state index contributed by atoms with van der Waals surface area (Å²) in [7, 11) is 0. The van der Waals surface area contributed by atoms with Crippen LogP contribution >= 0.6 is 0 Å². The molecule has 0 aliphatic carbocycles. The molecule has 0 saturated carbocycles. The fourth-order valence-corrected chi connectivity index (χ4v) is 1.89. The Kier molecular flexibility index (Phi) is 4.26. The van der Waals surface area contributed by atoms with Crippen LogP contribution in [0.5, 0.6) is 0 Å². The quantitative estimate of drug-likeness (QED) is 0.680. The van der Waals surface area contributed by atoms with Crippen LogP contribution < -0.4 is 5.32 Å². The molecule has 5 heteroatoms. The van der Waals surface area contributed by atoms with Crippen molar-refractivity contribution in [3.63, 3.8) is 0 Å². The zero-order valence-corrected chi connectivity index (χ0v) is 12.8. The smallest absolute Gasteiger partial charge is 0.270 e. The summed E-state index contributed by atoms with van der Waals surface area (Å²) in [6, 6.07) is 13.7. The summed E-state index contributed by atoms with van der Waals surface area (Å²) >= 11 is 0. The summed E-state index contributed by atoms with van der Waals surface area (Å²) < 4.78 is 0. The Bertz CT molecular complexity index is 718. The van der Waals surface area contributed by atoms with Gasteiger partial charge in [-0.2, -0.15) is 0 Å². The van der Waals surface area contributed by atoms with Crippen LogP contribution in [0.1, 0.15) is 20.8 Å². The minimum absolute atomic E-state index is 0.0432. The van der Waals surface area contributed by atoms with Crippen LogP contribution in [0.15, 0.2) is 48.5 Å². The van der Waals surface area contributed by atoms with Gasteiger partial charge >= 0.3 is 0 Å². The average molecular weight is 298 g/mol. The number of carbonyl (C=O) groups is 1. The van der Waals surface area contributed by atoms with Crippen LogP contribution in [-0.4, -0.2) is 10.8 Å². The Morgan fingerprint density at radius 3 is 2.23 bits per heavy atom. The summed E-state index contributed by atoms with van der Waals surface area (Å²) in [5.74, 6) is -0.0799. The number of nitrogens with zero attached hydrogens (tertiary/aromatic N) is 1. The topological polar surface area (TPSA) is 72.2 Å². The minimum Gasteiger partial charge on any atom is -0.326 e. The maximum atomic E-state index is 12.0. The molecule has 5 nitrogen and oxygen atoms in total. The first-order valence-corrected chi connectivity index (χ1v) is 6.94. The maximum absolute atomic E-state index is 12.0. The van der Waals surface area contributed by atoms with E-state index in [2.05, 4.69) is 5.32 Å². The van der Waals surface area contributed by atoms with Gasteiger partial charge in [0.15, 0.2) is 0 Å². The van der Waals surface area contributed by atoms with Gasteiger partial charge in [-0.15, -0.1) is 0 Å². The summed E-state index contributed by atoms with van der Waals surface area (Å²) in [4.78, 5) is 22.5. The number of carbonyl (C=O) groups excluding carboxylic acids is 1. The monoisotopic (exact) mass is 298 g/mol. The number of nitrogens with one attached hydrogen (secondary N) is 1. The molecule has 114 valence electrons. The lowest BCUT2D eigenvalue weighted by molar-refractivity contribution is -0.384. The molecular formula is C17H18N2O3. The number of hydrogen-bond acceptors (Lipinski definition) is 3. The van der Waals surface area contributed by atoms with E-state index in [4.69, 9.17) is 0 Å². The van der Waals surface area contributed by atoms with Crippen LogP contribution in [0.3, 0.4) is 0 Å². The lowest BCUT2D eigenvalue weighted by Gasteiger charge is -2.18. The molecule has 0 unspecified atom stereocenters. The number of nitro benzene ring substituents is 1. The molecule has 0 fully saturated rings. The number of anilines is 1. The van der Waals surface area contributed by atoms with Crippen LogP contribution in [-0.2, 0) is 4.79 Å². The Morgan fingerprint density at radius 2 is 1.64 bits per heavy atom. The molecule has 0 spiro atoms. The largest absolute Gasteiger partial charge is 0.326 e. The van der Waals surface area contributed by atoms with Crippen LogP contribution in [0.25, 0.3) is 11.1 Å². The molecule has 0 saturated heterocycles. The zero-order valence-electron chi connectivity index (χ0n) is 12.8. The second-order valence-corrected chi connectivity index (χ2v) is 6.09. The standard InChI is InChI=1S/C17H18N2O3/c1-17(2,3)16(20)18-14-8-4-6-12(10-14)13-7-5-9-15(11-13)19(21)22/h4-11H,1-3H3,(H,18,20). The number of benzene rings is 2. The summed E-state index contributed by atoms with van der Waals surface area (Å²) in [5, 5.41) is 13.7. The molecule has 0 heterocycles. The predicted molar refractivity (Wildman–Crippen MR) is 86.6 cm³/mol. The van der Waals surface area contributed by atoms with Crippen LogP contribution in [0.2, 0.25) is 0 Å². The first-order chi connectivity index (χ1) is 10.3. The van der Waals surface area contributed by atoms with Gasteiger partial charge in [-0.1, -0.05) is 45.0 Å². The van der Waals surface area contributed by atoms with Crippen LogP contribution in [0.4, 0.5) is 11.4 Å². The normalized spacial score (nSPS) is 11.0. The van der Waals surface area contributed by atoms with Crippen molar-refractivity contribution in [2.45, 2.75) is 20.8 Å². The first kappa shape index (κ1) is 15.7. The molecular weight excluding hydrogens is 280 g/mol. The Hall–Kier alpha value is -2.69. The average Bonchev–Trinajstić information content (AvgIpc) is 2.46. The van der Waals surface area contributed by atoms with Gasteiger partial charge in [0.25, 0.3) is 5.69 Å². The number of rotatable bonds is 3. The first-order valence-electron chi connectivity index (χ1n) is 6.94. The lowest BCUT2D eigenvalue weighted by Crippen LogP contribution is -2.27. The Labute approximate surface area is 129 Å². The lowest BCUT2D eigenvalue weighted by atomic mass is 9.95. The molecule has 1 N–H and O–H groups in total. The number of hydrogen-bond donors (Lipinski definition) is 1. The third-order valence-corrected chi connectivity index (χ3v) is 3.19. The highest BCUT2D eigenvalue weighted by atomic mass is 16.6. The van der Waals surface area contributed by atoms with Crippen molar-refractivity contribution in [2.24, 2.45) is 5.41 Å². The third kappa shape index (κ3) is 3.69. The van der Waals surface area contributed by atoms with E-state index in [1.54, 1.807) is 18.2 Å². The van der Waals surface area contributed by atoms with Gasteiger partial charge in [0.05, 0.1) is 4.92 Å². The molecule has 1 amide bonds. The highest BCUT2D eigenvalue weighted by Gasteiger charge is 2.21. The maximum Gasteiger partial charge on any atom is 0.270 e. The van der Waals surface area contributed by atoms with E-state index in [9.17, 15) is 14.9 Å². The Morgan fingerprint density at radius 1 is 1.05 bits per heavy atom.